The minimum Gasteiger partial charge on any atom is -0.481 e. The van der Waals surface area contributed by atoms with Crippen LogP contribution < -0.4 is 5.56 Å². The van der Waals surface area contributed by atoms with Gasteiger partial charge in [0, 0.05) is 30.4 Å². The van der Waals surface area contributed by atoms with Crippen LogP contribution in [-0.4, -0.2) is 15.6 Å². The topological polar surface area (TPSA) is 72.4 Å². The smallest absolute Gasteiger partial charge is 0.307 e. The van der Waals surface area contributed by atoms with E-state index in [0.29, 0.717) is 17.8 Å². The van der Waals surface area contributed by atoms with E-state index >= 15 is 0 Å². The van der Waals surface area contributed by atoms with Gasteiger partial charge in [-0.2, -0.15) is 0 Å². The first kappa shape index (κ1) is 16.8. The van der Waals surface area contributed by atoms with Gasteiger partial charge in [0.2, 0.25) is 0 Å². The molecule has 0 radical (unpaired) electrons. The summed E-state index contributed by atoms with van der Waals surface area (Å²) in [5.41, 5.74) is -0.482. The zero-order valence-electron chi connectivity index (χ0n) is 13.2. The first-order valence-electron chi connectivity index (χ1n) is 7.19. The van der Waals surface area contributed by atoms with Crippen LogP contribution in [0, 0.1) is 24.4 Å². The number of benzene rings is 1. The number of furan rings is 1. The zero-order valence-corrected chi connectivity index (χ0v) is 13.2. The van der Waals surface area contributed by atoms with Gasteiger partial charge in [-0.25, -0.2) is 13.2 Å². The fourth-order valence-electron chi connectivity index (χ4n) is 2.67. The Morgan fingerprint density at radius 1 is 1.16 bits per heavy atom. The summed E-state index contributed by atoms with van der Waals surface area (Å²) < 4.78 is 47.6. The summed E-state index contributed by atoms with van der Waals surface area (Å²) in [5, 5.41) is 9.09. The molecule has 0 atom stereocenters. The maximum atomic E-state index is 14.1. The maximum Gasteiger partial charge on any atom is 0.307 e. The Morgan fingerprint density at radius 2 is 1.80 bits per heavy atom. The fraction of sp³-hybridized carbons (Fsp3) is 0.176. The van der Waals surface area contributed by atoms with Gasteiger partial charge in [0.15, 0.2) is 11.6 Å². The number of aryl methyl sites for hydroxylation is 1. The van der Waals surface area contributed by atoms with Crippen LogP contribution in [0.25, 0.3) is 22.3 Å². The van der Waals surface area contributed by atoms with Crippen LogP contribution in [0.1, 0.15) is 11.3 Å². The first-order chi connectivity index (χ1) is 11.7. The number of carboxylic acids is 1. The number of aromatic nitrogens is 1. The number of rotatable bonds is 3. The van der Waals surface area contributed by atoms with E-state index in [1.165, 1.54) is 17.7 Å². The van der Waals surface area contributed by atoms with E-state index in [0.717, 1.165) is 0 Å². The van der Waals surface area contributed by atoms with E-state index in [2.05, 4.69) is 0 Å². The summed E-state index contributed by atoms with van der Waals surface area (Å²) >= 11 is 0. The third kappa shape index (κ3) is 2.69. The number of carbonyl (C=O) groups is 1. The van der Waals surface area contributed by atoms with Crippen LogP contribution in [0.15, 0.2) is 27.4 Å². The Kier molecular flexibility index (Phi) is 3.90. The lowest BCUT2D eigenvalue weighted by molar-refractivity contribution is -0.136. The molecule has 0 unspecified atom stereocenters. The predicted molar refractivity (Wildman–Crippen MR) is 82.8 cm³/mol. The molecule has 0 aliphatic carbocycles. The van der Waals surface area contributed by atoms with Crippen molar-refractivity contribution in [3.63, 3.8) is 0 Å². The Bertz CT molecular complexity index is 1080. The van der Waals surface area contributed by atoms with E-state index in [1.807, 2.05) is 0 Å². The van der Waals surface area contributed by atoms with Gasteiger partial charge >= 0.3 is 5.97 Å². The lowest BCUT2D eigenvalue weighted by Gasteiger charge is -2.04. The average molecular weight is 351 g/mol. The molecule has 0 bridgehead atoms. The van der Waals surface area contributed by atoms with Gasteiger partial charge in [-0.3, -0.25) is 9.59 Å². The van der Waals surface area contributed by atoms with Crippen molar-refractivity contribution in [2.75, 3.05) is 0 Å². The number of aliphatic carboxylic acids is 1. The molecule has 3 aromatic rings. The van der Waals surface area contributed by atoms with Crippen LogP contribution in [0.3, 0.4) is 0 Å². The average Bonchev–Trinajstić information content (AvgIpc) is 2.86. The van der Waals surface area contributed by atoms with Gasteiger partial charge in [0.1, 0.15) is 17.2 Å². The lowest BCUT2D eigenvalue weighted by Crippen LogP contribution is -2.19. The molecule has 0 aliphatic heterocycles. The molecule has 0 saturated heterocycles. The number of hydrogen-bond acceptors (Lipinski definition) is 3. The molecule has 0 aliphatic rings. The minimum atomic E-state index is -1.39. The normalized spacial score (nSPS) is 11.2. The second-order valence-electron chi connectivity index (χ2n) is 5.62. The summed E-state index contributed by atoms with van der Waals surface area (Å²) in [5.74, 6) is -5.42. The predicted octanol–water partition coefficient (Wildman–Crippen LogP) is 3.15. The van der Waals surface area contributed by atoms with Gasteiger partial charge in [-0.15, -0.1) is 0 Å². The van der Waals surface area contributed by atoms with E-state index in [-0.39, 0.29) is 22.3 Å². The zero-order chi connectivity index (χ0) is 18.5. The van der Waals surface area contributed by atoms with Crippen LogP contribution in [0.2, 0.25) is 0 Å². The van der Waals surface area contributed by atoms with Gasteiger partial charge < -0.3 is 14.1 Å². The first-order valence-corrected chi connectivity index (χ1v) is 7.19. The molecule has 0 spiro atoms. The minimum absolute atomic E-state index is 0.0327. The van der Waals surface area contributed by atoms with Crippen LogP contribution in [0.5, 0.6) is 0 Å². The molecule has 2 aromatic heterocycles. The molecule has 1 aromatic carbocycles. The SMILES string of the molecule is Cc1cc2oc(-c3cc(F)c(F)cc3F)c(CC(=O)O)c2c(=O)n1C. The molecule has 8 heteroatoms. The van der Waals surface area contributed by atoms with Crippen LogP contribution in [-0.2, 0) is 18.3 Å². The Morgan fingerprint density at radius 3 is 2.44 bits per heavy atom. The molecule has 0 amide bonds. The molecular weight excluding hydrogens is 339 g/mol. The highest BCUT2D eigenvalue weighted by molar-refractivity contribution is 5.91. The van der Waals surface area contributed by atoms with Crippen molar-refractivity contribution < 1.29 is 27.5 Å². The van der Waals surface area contributed by atoms with Gasteiger partial charge in [-0.05, 0) is 13.0 Å². The summed E-state index contributed by atoms with van der Waals surface area (Å²) in [6.07, 6.45) is -0.640. The summed E-state index contributed by atoms with van der Waals surface area (Å²) in [4.78, 5) is 23.7. The van der Waals surface area contributed by atoms with Crippen molar-refractivity contribution in [2.24, 2.45) is 7.05 Å². The van der Waals surface area contributed by atoms with Crippen molar-refractivity contribution in [1.29, 1.82) is 0 Å². The standard InChI is InChI=1S/C17H12F3NO4/c1-7-3-13-15(17(24)21(7)2)9(5-14(22)23)16(25-13)8-4-11(19)12(20)6-10(8)18/h3-4,6H,5H2,1-2H3,(H,22,23). The highest BCUT2D eigenvalue weighted by Gasteiger charge is 2.25. The van der Waals surface area contributed by atoms with Crippen molar-refractivity contribution in [2.45, 2.75) is 13.3 Å². The molecule has 3 rings (SSSR count). The molecule has 0 saturated carbocycles. The quantitative estimate of drug-likeness (QED) is 0.736. The number of pyridine rings is 1. The summed E-state index contributed by atoms with van der Waals surface area (Å²) in [6, 6.07) is 2.40. The van der Waals surface area contributed by atoms with Crippen LogP contribution >= 0.6 is 0 Å². The molecular formula is C17H12F3NO4. The maximum absolute atomic E-state index is 14.1. The number of hydrogen-bond donors (Lipinski definition) is 1. The number of carboxylic acid groups (broad SMARTS) is 1. The second kappa shape index (κ2) is 5.80. The van der Waals surface area contributed by atoms with Crippen molar-refractivity contribution in [3.05, 3.63) is 57.3 Å². The van der Waals surface area contributed by atoms with Crippen molar-refractivity contribution in [1.82, 2.24) is 4.57 Å². The van der Waals surface area contributed by atoms with E-state index in [9.17, 15) is 22.8 Å². The summed E-state index contributed by atoms with van der Waals surface area (Å²) in [7, 11) is 1.49. The largest absolute Gasteiger partial charge is 0.481 e. The lowest BCUT2D eigenvalue weighted by atomic mass is 10.0. The van der Waals surface area contributed by atoms with Crippen molar-refractivity contribution >= 4 is 16.9 Å². The molecule has 130 valence electrons. The monoisotopic (exact) mass is 351 g/mol. The highest BCUT2D eigenvalue weighted by Crippen LogP contribution is 2.35. The van der Waals surface area contributed by atoms with Gasteiger partial charge in [-0.1, -0.05) is 0 Å². The van der Waals surface area contributed by atoms with Crippen molar-refractivity contribution in [3.8, 4) is 11.3 Å². The van der Waals surface area contributed by atoms with E-state index in [1.54, 1.807) is 6.92 Å². The Labute approximate surface area is 138 Å². The molecule has 2 heterocycles. The molecule has 0 fully saturated rings. The fourth-order valence-corrected chi connectivity index (χ4v) is 2.67. The second-order valence-corrected chi connectivity index (χ2v) is 5.62. The molecule has 1 N–H and O–H groups in total. The van der Waals surface area contributed by atoms with Gasteiger partial charge in [0.25, 0.3) is 5.56 Å². The number of fused-ring (bicyclic) bond motifs is 1. The molecule has 25 heavy (non-hydrogen) atoms. The number of nitrogens with zero attached hydrogens (tertiary/aromatic N) is 1. The molecule has 5 nitrogen and oxygen atoms in total. The Balaban J connectivity index is 2.43. The third-order valence-electron chi connectivity index (χ3n) is 4.00. The van der Waals surface area contributed by atoms with Crippen LogP contribution in [0.4, 0.5) is 13.2 Å². The van der Waals surface area contributed by atoms with E-state index < -0.39 is 41.0 Å². The van der Waals surface area contributed by atoms with Gasteiger partial charge in [0.05, 0.1) is 17.4 Å². The highest BCUT2D eigenvalue weighted by atomic mass is 19.2. The third-order valence-corrected chi connectivity index (χ3v) is 4.00. The Hall–Kier alpha value is -3.03. The number of halogens is 3. The summed E-state index contributed by atoms with van der Waals surface area (Å²) in [6.45, 7) is 1.64. The van der Waals surface area contributed by atoms with E-state index in [4.69, 9.17) is 9.52 Å².